The van der Waals surface area contributed by atoms with Crippen LogP contribution in [0, 0.1) is 6.92 Å². The van der Waals surface area contributed by atoms with E-state index < -0.39 is 5.60 Å². The van der Waals surface area contributed by atoms with E-state index in [-0.39, 0.29) is 12.6 Å². The lowest BCUT2D eigenvalue weighted by Crippen LogP contribution is -2.41. The van der Waals surface area contributed by atoms with Gasteiger partial charge < -0.3 is 20.2 Å². The van der Waals surface area contributed by atoms with Crippen molar-refractivity contribution < 1.29 is 9.90 Å². The molecule has 5 heteroatoms. The molecule has 1 aromatic rings. The average molecular weight is 279 g/mol. The molecular weight excluding hydrogens is 254 g/mol. The van der Waals surface area contributed by atoms with E-state index in [2.05, 4.69) is 5.32 Å². The molecular formula is C15H25N3O2. The van der Waals surface area contributed by atoms with Gasteiger partial charge in [-0.15, -0.1) is 0 Å². The summed E-state index contributed by atoms with van der Waals surface area (Å²) in [6, 6.07) is 5.55. The van der Waals surface area contributed by atoms with Gasteiger partial charge >= 0.3 is 6.03 Å². The van der Waals surface area contributed by atoms with Gasteiger partial charge in [0.05, 0.1) is 12.1 Å². The summed E-state index contributed by atoms with van der Waals surface area (Å²) in [6.07, 6.45) is 0. The van der Waals surface area contributed by atoms with Crippen LogP contribution in [0.1, 0.15) is 19.4 Å². The number of nitrogens with one attached hydrogen (secondary N) is 1. The maximum absolute atomic E-state index is 12.0. The number of benzene rings is 1. The maximum atomic E-state index is 12.0. The Bertz CT molecular complexity index is 478. The van der Waals surface area contributed by atoms with E-state index in [1.807, 2.05) is 44.1 Å². The van der Waals surface area contributed by atoms with Crippen LogP contribution in [0.5, 0.6) is 0 Å². The van der Waals surface area contributed by atoms with E-state index in [9.17, 15) is 9.90 Å². The van der Waals surface area contributed by atoms with Crippen LogP contribution >= 0.6 is 0 Å². The zero-order valence-corrected chi connectivity index (χ0v) is 13.2. The van der Waals surface area contributed by atoms with Crippen molar-refractivity contribution in [3.05, 3.63) is 23.8 Å². The number of urea groups is 1. The van der Waals surface area contributed by atoms with Crippen molar-refractivity contribution in [2.75, 3.05) is 37.9 Å². The summed E-state index contributed by atoms with van der Waals surface area (Å²) in [4.78, 5) is 15.5. The highest BCUT2D eigenvalue weighted by atomic mass is 16.3. The number of hydrogen-bond acceptors (Lipinski definition) is 3. The molecule has 0 radical (unpaired) electrons. The molecule has 2 amide bonds. The summed E-state index contributed by atoms with van der Waals surface area (Å²) < 4.78 is 0. The smallest absolute Gasteiger partial charge is 0.321 e. The van der Waals surface area contributed by atoms with E-state index in [0.29, 0.717) is 0 Å². The minimum absolute atomic E-state index is 0.232. The fourth-order valence-electron chi connectivity index (χ4n) is 2.11. The summed E-state index contributed by atoms with van der Waals surface area (Å²) in [5.41, 5.74) is 2.06. The van der Waals surface area contributed by atoms with Crippen LogP contribution in [0.4, 0.5) is 16.2 Å². The van der Waals surface area contributed by atoms with Crippen LogP contribution in [0.3, 0.4) is 0 Å². The topological polar surface area (TPSA) is 55.8 Å². The minimum Gasteiger partial charge on any atom is -0.389 e. The lowest BCUT2D eigenvalue weighted by Gasteiger charge is -2.26. The van der Waals surface area contributed by atoms with Gasteiger partial charge in [-0.2, -0.15) is 0 Å². The molecule has 2 N–H and O–H groups in total. The van der Waals surface area contributed by atoms with E-state index in [4.69, 9.17) is 0 Å². The van der Waals surface area contributed by atoms with Crippen LogP contribution in [0.2, 0.25) is 0 Å². The lowest BCUT2D eigenvalue weighted by molar-refractivity contribution is 0.0550. The van der Waals surface area contributed by atoms with Gasteiger partial charge in [0.15, 0.2) is 0 Å². The molecule has 0 fully saturated rings. The van der Waals surface area contributed by atoms with Gasteiger partial charge in [0.25, 0.3) is 0 Å². The van der Waals surface area contributed by atoms with Crippen LogP contribution in [-0.2, 0) is 0 Å². The summed E-state index contributed by atoms with van der Waals surface area (Å²) in [5, 5.41) is 12.5. The number of likely N-dealkylation sites (N-methyl/N-ethyl adjacent to an activating group) is 1. The Morgan fingerprint density at radius 1 is 1.30 bits per heavy atom. The average Bonchev–Trinajstić information content (AvgIpc) is 2.26. The number of rotatable bonds is 4. The third-order valence-electron chi connectivity index (χ3n) is 2.90. The van der Waals surface area contributed by atoms with Crippen LogP contribution < -0.4 is 10.2 Å². The van der Waals surface area contributed by atoms with E-state index >= 15 is 0 Å². The van der Waals surface area contributed by atoms with Crippen molar-refractivity contribution >= 4 is 17.4 Å². The number of carbonyl (C=O) groups is 1. The molecule has 0 unspecified atom stereocenters. The highest BCUT2D eigenvalue weighted by molar-refractivity contribution is 5.89. The predicted molar refractivity (Wildman–Crippen MR) is 83.5 cm³/mol. The van der Waals surface area contributed by atoms with Gasteiger partial charge in [-0.1, -0.05) is 0 Å². The van der Waals surface area contributed by atoms with Crippen molar-refractivity contribution in [1.29, 1.82) is 0 Å². The van der Waals surface area contributed by atoms with Gasteiger partial charge in [0, 0.05) is 32.5 Å². The number of carbonyl (C=O) groups excluding carboxylic acids is 1. The second-order valence-corrected chi connectivity index (χ2v) is 5.99. The van der Waals surface area contributed by atoms with Gasteiger partial charge in [-0.05, 0) is 44.5 Å². The third kappa shape index (κ3) is 4.74. The van der Waals surface area contributed by atoms with Crippen molar-refractivity contribution in [2.24, 2.45) is 0 Å². The Hall–Kier alpha value is -1.75. The SMILES string of the molecule is Cc1cc(NC(=O)N(C)CC(C)(C)O)ccc1N(C)C. The Morgan fingerprint density at radius 2 is 1.90 bits per heavy atom. The summed E-state index contributed by atoms with van der Waals surface area (Å²) >= 11 is 0. The quantitative estimate of drug-likeness (QED) is 0.889. The zero-order valence-electron chi connectivity index (χ0n) is 13.2. The third-order valence-corrected chi connectivity index (χ3v) is 2.90. The number of anilines is 2. The molecule has 0 spiro atoms. The number of hydrogen-bond donors (Lipinski definition) is 2. The molecule has 20 heavy (non-hydrogen) atoms. The molecule has 0 atom stereocenters. The second-order valence-electron chi connectivity index (χ2n) is 5.99. The van der Waals surface area contributed by atoms with E-state index in [0.717, 1.165) is 16.9 Å². The highest BCUT2D eigenvalue weighted by Crippen LogP contribution is 2.22. The molecule has 0 aliphatic rings. The van der Waals surface area contributed by atoms with E-state index in [1.54, 1.807) is 20.9 Å². The second kappa shape index (κ2) is 6.13. The minimum atomic E-state index is -0.906. The Morgan fingerprint density at radius 3 is 2.35 bits per heavy atom. The predicted octanol–water partition coefficient (Wildman–Crippen LogP) is 2.30. The highest BCUT2D eigenvalue weighted by Gasteiger charge is 2.19. The molecule has 0 aromatic heterocycles. The Kier molecular flexibility index (Phi) is 5.00. The largest absolute Gasteiger partial charge is 0.389 e. The normalized spacial score (nSPS) is 11.2. The molecule has 112 valence electrons. The first-order valence-electron chi connectivity index (χ1n) is 6.62. The van der Waals surface area contributed by atoms with Gasteiger partial charge in [0.1, 0.15) is 0 Å². The van der Waals surface area contributed by atoms with Crippen molar-refractivity contribution in [3.8, 4) is 0 Å². The first kappa shape index (κ1) is 16.3. The number of aryl methyl sites for hydroxylation is 1. The number of amides is 2. The number of aliphatic hydroxyl groups is 1. The summed E-state index contributed by atoms with van der Waals surface area (Å²) in [6.45, 7) is 5.62. The Balaban J connectivity index is 2.74. The van der Waals surface area contributed by atoms with Crippen molar-refractivity contribution in [1.82, 2.24) is 4.90 Å². The van der Waals surface area contributed by atoms with Gasteiger partial charge in [-0.25, -0.2) is 4.79 Å². The summed E-state index contributed by atoms with van der Waals surface area (Å²) in [5.74, 6) is 0. The molecule has 0 aliphatic carbocycles. The molecule has 1 aromatic carbocycles. The first-order valence-corrected chi connectivity index (χ1v) is 6.62. The first-order chi connectivity index (χ1) is 9.10. The molecule has 1 rings (SSSR count). The monoisotopic (exact) mass is 279 g/mol. The molecule has 0 heterocycles. The Labute approximate surface area is 121 Å². The van der Waals surface area contributed by atoms with Crippen molar-refractivity contribution in [2.45, 2.75) is 26.4 Å². The summed E-state index contributed by atoms with van der Waals surface area (Å²) in [7, 11) is 5.63. The fourth-order valence-corrected chi connectivity index (χ4v) is 2.11. The van der Waals surface area contributed by atoms with Crippen molar-refractivity contribution in [3.63, 3.8) is 0 Å². The number of nitrogens with zero attached hydrogens (tertiary/aromatic N) is 2. The molecule has 0 aliphatic heterocycles. The van der Waals surface area contributed by atoms with Crippen LogP contribution in [0.15, 0.2) is 18.2 Å². The van der Waals surface area contributed by atoms with Gasteiger partial charge in [-0.3, -0.25) is 0 Å². The molecule has 0 saturated heterocycles. The van der Waals surface area contributed by atoms with Gasteiger partial charge in [0.2, 0.25) is 0 Å². The zero-order chi connectivity index (χ0) is 15.5. The lowest BCUT2D eigenvalue weighted by atomic mass is 10.1. The van der Waals surface area contributed by atoms with Crippen LogP contribution in [0.25, 0.3) is 0 Å². The molecule has 0 saturated carbocycles. The van der Waals surface area contributed by atoms with E-state index in [1.165, 1.54) is 4.90 Å². The standard InChI is InChI=1S/C15H25N3O2/c1-11-9-12(7-8-13(11)17(4)5)16-14(19)18(6)10-15(2,3)20/h7-9,20H,10H2,1-6H3,(H,16,19). The maximum Gasteiger partial charge on any atom is 0.321 e. The fraction of sp³-hybridized carbons (Fsp3) is 0.533. The van der Waals surface area contributed by atoms with Crippen LogP contribution in [-0.4, -0.2) is 49.3 Å². The molecule has 0 bridgehead atoms. The molecule has 5 nitrogen and oxygen atoms in total.